The van der Waals surface area contributed by atoms with Gasteiger partial charge < -0.3 is 10.2 Å². The maximum Gasteiger partial charge on any atom is 0.264 e. The Labute approximate surface area is 119 Å². The largest absolute Gasteiger partial charge is 0.333 e. The quantitative estimate of drug-likeness (QED) is 0.898. The van der Waals surface area contributed by atoms with Gasteiger partial charge in [0.25, 0.3) is 5.91 Å². The van der Waals surface area contributed by atoms with Crippen molar-refractivity contribution in [1.29, 1.82) is 0 Å². The standard InChI is InChI=1S/C15H22N2OS/c1-2-13-7-8-14(19-13)15(18)17(12-5-6-12)10-11-4-3-9-16-11/h7-8,11-12,16H,2-6,9-10H2,1H3. The minimum atomic E-state index is 0.251. The molecule has 1 saturated carbocycles. The van der Waals surface area contributed by atoms with Crippen molar-refractivity contribution < 1.29 is 4.79 Å². The SMILES string of the molecule is CCc1ccc(C(=O)N(CC2CCCN2)C2CC2)s1. The summed E-state index contributed by atoms with van der Waals surface area (Å²) in [6.45, 7) is 4.14. The second-order valence-corrected chi connectivity index (χ2v) is 6.77. The summed E-state index contributed by atoms with van der Waals surface area (Å²) in [6, 6.07) is 5.11. The second kappa shape index (κ2) is 5.63. The van der Waals surface area contributed by atoms with Gasteiger partial charge in [0, 0.05) is 23.5 Å². The van der Waals surface area contributed by atoms with E-state index in [1.165, 1.54) is 30.6 Å². The van der Waals surface area contributed by atoms with Crippen molar-refractivity contribution in [3.05, 3.63) is 21.9 Å². The molecule has 1 saturated heterocycles. The lowest BCUT2D eigenvalue weighted by molar-refractivity contribution is 0.0733. The van der Waals surface area contributed by atoms with Gasteiger partial charge in [-0.15, -0.1) is 11.3 Å². The first kappa shape index (κ1) is 13.1. The molecule has 1 aliphatic carbocycles. The number of aryl methyl sites for hydroxylation is 1. The summed E-state index contributed by atoms with van der Waals surface area (Å²) in [7, 11) is 0. The number of thiophene rings is 1. The van der Waals surface area contributed by atoms with Gasteiger partial charge in [0.05, 0.1) is 4.88 Å². The lowest BCUT2D eigenvalue weighted by atomic mass is 10.2. The summed E-state index contributed by atoms with van der Waals surface area (Å²) in [6.07, 6.45) is 5.85. The Morgan fingerprint density at radius 2 is 2.26 bits per heavy atom. The van der Waals surface area contributed by atoms with E-state index in [2.05, 4.69) is 23.2 Å². The molecule has 2 heterocycles. The Morgan fingerprint density at radius 1 is 1.42 bits per heavy atom. The predicted molar refractivity (Wildman–Crippen MR) is 78.8 cm³/mol. The molecule has 3 rings (SSSR count). The van der Waals surface area contributed by atoms with E-state index in [-0.39, 0.29) is 5.91 Å². The van der Waals surface area contributed by atoms with Crippen LogP contribution in [0.4, 0.5) is 0 Å². The van der Waals surface area contributed by atoms with Gasteiger partial charge in [-0.25, -0.2) is 0 Å². The Hall–Kier alpha value is -0.870. The maximum absolute atomic E-state index is 12.7. The number of nitrogens with one attached hydrogen (secondary N) is 1. The molecule has 1 aliphatic heterocycles. The van der Waals surface area contributed by atoms with E-state index in [4.69, 9.17) is 0 Å². The predicted octanol–water partition coefficient (Wildman–Crippen LogP) is 2.67. The zero-order chi connectivity index (χ0) is 13.2. The van der Waals surface area contributed by atoms with Gasteiger partial charge in [0.1, 0.15) is 0 Å². The first-order valence-corrected chi connectivity index (χ1v) is 8.22. The third-order valence-corrected chi connectivity index (χ3v) is 5.27. The highest BCUT2D eigenvalue weighted by Crippen LogP contribution is 2.30. The highest BCUT2D eigenvalue weighted by Gasteiger charge is 2.35. The molecule has 19 heavy (non-hydrogen) atoms. The van der Waals surface area contributed by atoms with E-state index in [0.717, 1.165) is 24.4 Å². The smallest absolute Gasteiger partial charge is 0.264 e. The lowest BCUT2D eigenvalue weighted by Crippen LogP contribution is -2.42. The van der Waals surface area contributed by atoms with Crippen molar-refractivity contribution in [3.8, 4) is 0 Å². The van der Waals surface area contributed by atoms with Crippen LogP contribution in [0, 0.1) is 0 Å². The summed E-state index contributed by atoms with van der Waals surface area (Å²) < 4.78 is 0. The number of amides is 1. The Balaban J connectivity index is 1.69. The lowest BCUT2D eigenvalue weighted by Gasteiger charge is -2.25. The molecule has 3 nitrogen and oxygen atoms in total. The van der Waals surface area contributed by atoms with Gasteiger partial charge >= 0.3 is 0 Å². The van der Waals surface area contributed by atoms with Crippen molar-refractivity contribution >= 4 is 17.2 Å². The maximum atomic E-state index is 12.7. The van der Waals surface area contributed by atoms with Crippen LogP contribution in [0.1, 0.15) is 47.2 Å². The van der Waals surface area contributed by atoms with E-state index in [1.807, 2.05) is 6.07 Å². The van der Waals surface area contributed by atoms with Crippen LogP contribution in [-0.2, 0) is 6.42 Å². The van der Waals surface area contributed by atoms with Gasteiger partial charge in [-0.05, 0) is 50.8 Å². The van der Waals surface area contributed by atoms with Gasteiger partial charge in [0.15, 0.2) is 0 Å². The van der Waals surface area contributed by atoms with Crippen LogP contribution < -0.4 is 5.32 Å². The number of carbonyl (C=O) groups excluding carboxylic acids is 1. The van der Waals surface area contributed by atoms with Crippen molar-refractivity contribution in [3.63, 3.8) is 0 Å². The first-order valence-electron chi connectivity index (χ1n) is 7.41. The molecule has 0 bridgehead atoms. The molecular weight excluding hydrogens is 256 g/mol. The fraction of sp³-hybridized carbons (Fsp3) is 0.667. The molecule has 104 valence electrons. The van der Waals surface area contributed by atoms with E-state index in [9.17, 15) is 4.79 Å². The van der Waals surface area contributed by atoms with E-state index < -0.39 is 0 Å². The topological polar surface area (TPSA) is 32.3 Å². The number of hydrogen-bond donors (Lipinski definition) is 1. The average Bonchev–Trinajstić information content (AvgIpc) is 2.95. The van der Waals surface area contributed by atoms with Crippen LogP contribution in [0.2, 0.25) is 0 Å². The van der Waals surface area contributed by atoms with Gasteiger partial charge in [-0.2, -0.15) is 0 Å². The molecule has 1 unspecified atom stereocenters. The Morgan fingerprint density at radius 3 is 2.84 bits per heavy atom. The van der Waals surface area contributed by atoms with Crippen molar-refractivity contribution in [2.75, 3.05) is 13.1 Å². The molecule has 4 heteroatoms. The Bertz CT molecular complexity index is 447. The highest BCUT2D eigenvalue weighted by atomic mass is 32.1. The third-order valence-electron chi connectivity index (χ3n) is 4.05. The normalized spacial score (nSPS) is 22.7. The highest BCUT2D eigenvalue weighted by molar-refractivity contribution is 7.14. The van der Waals surface area contributed by atoms with Crippen LogP contribution in [-0.4, -0.2) is 36.0 Å². The monoisotopic (exact) mass is 278 g/mol. The van der Waals surface area contributed by atoms with Crippen LogP contribution in [0.15, 0.2) is 12.1 Å². The fourth-order valence-electron chi connectivity index (χ4n) is 2.76. The molecule has 2 fully saturated rings. The number of nitrogens with zero attached hydrogens (tertiary/aromatic N) is 1. The summed E-state index contributed by atoms with van der Waals surface area (Å²) in [5.74, 6) is 0.251. The van der Waals surface area contributed by atoms with Crippen molar-refractivity contribution in [2.45, 2.75) is 51.1 Å². The van der Waals surface area contributed by atoms with Gasteiger partial charge in [-0.3, -0.25) is 4.79 Å². The summed E-state index contributed by atoms with van der Waals surface area (Å²) >= 11 is 1.66. The number of carbonyl (C=O) groups is 1. The van der Waals surface area contributed by atoms with E-state index in [1.54, 1.807) is 11.3 Å². The van der Waals surface area contributed by atoms with Gasteiger partial charge in [-0.1, -0.05) is 6.92 Å². The molecule has 1 aromatic rings. The number of hydrogen-bond acceptors (Lipinski definition) is 3. The molecule has 1 aromatic heterocycles. The van der Waals surface area contributed by atoms with Crippen molar-refractivity contribution in [2.24, 2.45) is 0 Å². The zero-order valence-corrected chi connectivity index (χ0v) is 12.3. The zero-order valence-electron chi connectivity index (χ0n) is 11.5. The molecule has 2 aliphatic rings. The second-order valence-electron chi connectivity index (χ2n) is 5.60. The number of rotatable bonds is 5. The van der Waals surface area contributed by atoms with Crippen LogP contribution in [0.25, 0.3) is 0 Å². The van der Waals surface area contributed by atoms with Crippen LogP contribution in [0.3, 0.4) is 0 Å². The fourth-order valence-corrected chi connectivity index (χ4v) is 3.66. The first-order chi connectivity index (χ1) is 9.28. The molecule has 1 atom stereocenters. The molecule has 0 spiro atoms. The average molecular weight is 278 g/mol. The summed E-state index contributed by atoms with van der Waals surface area (Å²) in [5.41, 5.74) is 0. The van der Waals surface area contributed by atoms with E-state index in [0.29, 0.717) is 12.1 Å². The molecule has 0 aromatic carbocycles. The molecule has 1 N–H and O–H groups in total. The minimum absolute atomic E-state index is 0.251. The van der Waals surface area contributed by atoms with Crippen LogP contribution in [0.5, 0.6) is 0 Å². The molecular formula is C15H22N2OS. The van der Waals surface area contributed by atoms with Gasteiger partial charge in [0.2, 0.25) is 0 Å². The summed E-state index contributed by atoms with van der Waals surface area (Å²) in [5, 5.41) is 3.50. The molecule has 1 amide bonds. The third kappa shape index (κ3) is 3.00. The van der Waals surface area contributed by atoms with Crippen molar-refractivity contribution in [1.82, 2.24) is 10.2 Å². The Kier molecular flexibility index (Phi) is 3.89. The minimum Gasteiger partial charge on any atom is -0.333 e. The van der Waals surface area contributed by atoms with Crippen LogP contribution >= 0.6 is 11.3 Å². The summed E-state index contributed by atoms with van der Waals surface area (Å²) in [4.78, 5) is 17.0. The molecule has 0 radical (unpaired) electrons. The van der Waals surface area contributed by atoms with E-state index >= 15 is 0 Å².